The van der Waals surface area contributed by atoms with E-state index in [0.29, 0.717) is 16.8 Å². The van der Waals surface area contributed by atoms with Crippen molar-refractivity contribution in [2.45, 2.75) is 13.0 Å². The quantitative estimate of drug-likeness (QED) is 0.875. The van der Waals surface area contributed by atoms with Crippen LogP contribution in [0.5, 0.6) is 0 Å². The van der Waals surface area contributed by atoms with Gasteiger partial charge in [0.1, 0.15) is 11.6 Å². The Kier molecular flexibility index (Phi) is 4.52. The molecule has 0 spiro atoms. The van der Waals surface area contributed by atoms with Gasteiger partial charge in [-0.2, -0.15) is 0 Å². The van der Waals surface area contributed by atoms with Crippen molar-refractivity contribution in [1.29, 1.82) is 0 Å². The SMILES string of the molecule is COC(=O)C(Nc1cccc(F)c1)c1ccc(C)c(F)c1. The third-order valence-electron chi connectivity index (χ3n) is 3.10. The van der Waals surface area contributed by atoms with E-state index in [9.17, 15) is 13.6 Å². The average Bonchev–Trinajstić information content (AvgIpc) is 2.47. The van der Waals surface area contributed by atoms with Gasteiger partial charge in [-0.15, -0.1) is 0 Å². The monoisotopic (exact) mass is 291 g/mol. The lowest BCUT2D eigenvalue weighted by molar-refractivity contribution is -0.141. The Labute approximate surface area is 121 Å². The van der Waals surface area contributed by atoms with Crippen molar-refractivity contribution in [3.8, 4) is 0 Å². The van der Waals surface area contributed by atoms with Crippen molar-refractivity contribution in [3.05, 3.63) is 65.2 Å². The summed E-state index contributed by atoms with van der Waals surface area (Å²) < 4.78 is 31.6. The molecular weight excluding hydrogens is 276 g/mol. The Morgan fingerprint density at radius 1 is 1.19 bits per heavy atom. The van der Waals surface area contributed by atoms with Crippen molar-refractivity contribution in [2.24, 2.45) is 0 Å². The standard InChI is InChI=1S/C16H15F2NO2/c1-10-6-7-11(8-14(10)18)15(16(20)21-2)19-13-5-3-4-12(17)9-13/h3-9,15,19H,1-2H3. The predicted molar refractivity (Wildman–Crippen MR) is 75.9 cm³/mol. The zero-order valence-corrected chi connectivity index (χ0v) is 11.7. The Bertz CT molecular complexity index is 658. The maximum atomic E-state index is 13.7. The number of benzene rings is 2. The number of methoxy groups -OCH3 is 1. The first-order valence-electron chi connectivity index (χ1n) is 6.37. The number of esters is 1. The van der Waals surface area contributed by atoms with E-state index in [1.54, 1.807) is 25.1 Å². The first-order chi connectivity index (χ1) is 10.0. The highest BCUT2D eigenvalue weighted by Gasteiger charge is 2.22. The van der Waals surface area contributed by atoms with Gasteiger partial charge in [0.05, 0.1) is 7.11 Å². The lowest BCUT2D eigenvalue weighted by Crippen LogP contribution is -2.22. The summed E-state index contributed by atoms with van der Waals surface area (Å²) in [5.41, 5.74) is 1.30. The van der Waals surface area contributed by atoms with E-state index in [2.05, 4.69) is 5.32 Å². The van der Waals surface area contributed by atoms with Crippen LogP contribution in [0, 0.1) is 18.6 Å². The molecule has 0 aliphatic rings. The van der Waals surface area contributed by atoms with E-state index < -0.39 is 23.6 Å². The number of carbonyl (C=O) groups is 1. The second kappa shape index (κ2) is 6.35. The van der Waals surface area contributed by atoms with Gasteiger partial charge < -0.3 is 10.1 Å². The zero-order chi connectivity index (χ0) is 15.4. The van der Waals surface area contributed by atoms with Crippen LogP contribution in [-0.2, 0) is 9.53 Å². The van der Waals surface area contributed by atoms with Gasteiger partial charge in [0.2, 0.25) is 0 Å². The van der Waals surface area contributed by atoms with Crippen LogP contribution >= 0.6 is 0 Å². The summed E-state index contributed by atoms with van der Waals surface area (Å²) in [7, 11) is 1.24. The van der Waals surface area contributed by atoms with Gasteiger partial charge >= 0.3 is 5.97 Å². The van der Waals surface area contributed by atoms with Gasteiger partial charge in [-0.3, -0.25) is 0 Å². The molecule has 0 aromatic heterocycles. The summed E-state index contributed by atoms with van der Waals surface area (Å²) >= 11 is 0. The molecule has 0 bridgehead atoms. The number of anilines is 1. The lowest BCUT2D eigenvalue weighted by Gasteiger charge is -2.18. The van der Waals surface area contributed by atoms with Gasteiger partial charge in [0.25, 0.3) is 0 Å². The third-order valence-corrected chi connectivity index (χ3v) is 3.10. The molecule has 0 amide bonds. The van der Waals surface area contributed by atoms with E-state index in [0.717, 1.165) is 0 Å². The number of aryl methyl sites for hydroxylation is 1. The summed E-state index contributed by atoms with van der Waals surface area (Å²) in [5, 5.41) is 2.85. The zero-order valence-electron chi connectivity index (χ0n) is 11.7. The molecule has 5 heteroatoms. The first kappa shape index (κ1) is 15.0. The van der Waals surface area contributed by atoms with Gasteiger partial charge in [0.15, 0.2) is 6.04 Å². The average molecular weight is 291 g/mol. The summed E-state index contributed by atoms with van der Waals surface area (Å²) in [6.45, 7) is 1.63. The molecule has 0 aliphatic carbocycles. The van der Waals surface area contributed by atoms with E-state index >= 15 is 0 Å². The van der Waals surface area contributed by atoms with Crippen LogP contribution < -0.4 is 5.32 Å². The van der Waals surface area contributed by atoms with Crippen molar-refractivity contribution in [3.63, 3.8) is 0 Å². The fourth-order valence-corrected chi connectivity index (χ4v) is 1.93. The second-order valence-corrected chi connectivity index (χ2v) is 4.62. The summed E-state index contributed by atoms with van der Waals surface area (Å²) in [4.78, 5) is 11.9. The van der Waals surface area contributed by atoms with Crippen LogP contribution in [0.4, 0.5) is 14.5 Å². The molecule has 0 fully saturated rings. The van der Waals surface area contributed by atoms with Gasteiger partial charge in [-0.1, -0.05) is 18.2 Å². The van der Waals surface area contributed by atoms with E-state index in [4.69, 9.17) is 4.74 Å². The number of hydrogen-bond donors (Lipinski definition) is 1. The van der Waals surface area contributed by atoms with E-state index in [-0.39, 0.29) is 0 Å². The predicted octanol–water partition coefficient (Wildman–Crippen LogP) is 3.60. The molecule has 110 valence electrons. The number of hydrogen-bond acceptors (Lipinski definition) is 3. The number of rotatable bonds is 4. The molecule has 0 saturated carbocycles. The molecule has 2 aromatic carbocycles. The molecule has 1 N–H and O–H groups in total. The molecule has 21 heavy (non-hydrogen) atoms. The minimum Gasteiger partial charge on any atom is -0.467 e. The molecule has 1 atom stereocenters. The molecule has 0 aliphatic heterocycles. The van der Waals surface area contributed by atoms with Crippen LogP contribution in [0.1, 0.15) is 17.2 Å². The van der Waals surface area contributed by atoms with Crippen molar-refractivity contribution in [2.75, 3.05) is 12.4 Å². The highest BCUT2D eigenvalue weighted by molar-refractivity contribution is 5.81. The summed E-state index contributed by atoms with van der Waals surface area (Å²) in [6.07, 6.45) is 0. The smallest absolute Gasteiger partial charge is 0.332 e. The molecule has 0 heterocycles. The van der Waals surface area contributed by atoms with Crippen molar-refractivity contribution >= 4 is 11.7 Å². The number of halogens is 2. The van der Waals surface area contributed by atoms with Gasteiger partial charge in [0, 0.05) is 5.69 Å². The molecule has 2 rings (SSSR count). The number of ether oxygens (including phenoxy) is 1. The van der Waals surface area contributed by atoms with E-state index in [1.807, 2.05) is 0 Å². The van der Waals surface area contributed by atoms with Crippen LogP contribution in [-0.4, -0.2) is 13.1 Å². The Hall–Kier alpha value is -2.43. The fraction of sp³-hybridized carbons (Fsp3) is 0.188. The maximum Gasteiger partial charge on any atom is 0.332 e. The topological polar surface area (TPSA) is 38.3 Å². The highest BCUT2D eigenvalue weighted by atomic mass is 19.1. The van der Waals surface area contributed by atoms with Crippen LogP contribution in [0.3, 0.4) is 0 Å². The van der Waals surface area contributed by atoms with Crippen LogP contribution in [0.15, 0.2) is 42.5 Å². The molecule has 2 aromatic rings. The largest absolute Gasteiger partial charge is 0.467 e. The van der Waals surface area contributed by atoms with Crippen molar-refractivity contribution in [1.82, 2.24) is 0 Å². The second-order valence-electron chi connectivity index (χ2n) is 4.62. The minimum absolute atomic E-state index is 0.409. The summed E-state index contributed by atoms with van der Waals surface area (Å²) in [6, 6.07) is 9.24. The van der Waals surface area contributed by atoms with Crippen LogP contribution in [0.25, 0.3) is 0 Å². The van der Waals surface area contributed by atoms with E-state index in [1.165, 1.54) is 31.4 Å². The Balaban J connectivity index is 2.34. The normalized spacial score (nSPS) is 11.8. The minimum atomic E-state index is -0.910. The van der Waals surface area contributed by atoms with Crippen molar-refractivity contribution < 1.29 is 18.3 Å². The Morgan fingerprint density at radius 3 is 2.57 bits per heavy atom. The number of nitrogens with one attached hydrogen (secondary N) is 1. The third kappa shape index (κ3) is 3.56. The first-order valence-corrected chi connectivity index (χ1v) is 6.37. The lowest BCUT2D eigenvalue weighted by atomic mass is 10.0. The summed E-state index contributed by atoms with van der Waals surface area (Å²) in [5.74, 6) is -1.43. The molecule has 0 saturated heterocycles. The maximum absolute atomic E-state index is 13.7. The Morgan fingerprint density at radius 2 is 1.95 bits per heavy atom. The molecule has 3 nitrogen and oxygen atoms in total. The fourth-order valence-electron chi connectivity index (χ4n) is 1.93. The van der Waals surface area contributed by atoms with Gasteiger partial charge in [-0.25, -0.2) is 13.6 Å². The molecular formula is C16H15F2NO2. The molecule has 1 unspecified atom stereocenters. The number of carbonyl (C=O) groups excluding carboxylic acids is 1. The molecule has 0 radical (unpaired) electrons. The van der Waals surface area contributed by atoms with Crippen LogP contribution in [0.2, 0.25) is 0 Å². The highest BCUT2D eigenvalue weighted by Crippen LogP contribution is 2.23. The van der Waals surface area contributed by atoms with Gasteiger partial charge in [-0.05, 0) is 42.3 Å².